The molecular weight excluding hydrogens is 464 g/mol. The number of aryl methyl sites for hydroxylation is 1. The van der Waals surface area contributed by atoms with Crippen molar-refractivity contribution in [2.75, 3.05) is 18.7 Å². The number of methoxy groups -OCH3 is 1. The quantitative estimate of drug-likeness (QED) is 0.380. The first-order valence-corrected chi connectivity index (χ1v) is 12.2. The van der Waals surface area contributed by atoms with Crippen molar-refractivity contribution in [2.24, 2.45) is 0 Å². The molecule has 0 saturated carbocycles. The predicted octanol–water partition coefficient (Wildman–Crippen LogP) is 3.38. The Kier molecular flexibility index (Phi) is 7.42. The van der Waals surface area contributed by atoms with Crippen LogP contribution in [0.25, 0.3) is 6.08 Å². The summed E-state index contributed by atoms with van der Waals surface area (Å²) in [4.78, 5) is 16.2. The number of hydrogen-bond acceptors (Lipinski definition) is 9. The number of carbonyl (C=O) groups is 1. The van der Waals surface area contributed by atoms with Crippen LogP contribution < -0.4 is 14.8 Å². The molecule has 0 aliphatic rings. The lowest BCUT2D eigenvalue weighted by molar-refractivity contribution is -0.112. The molecule has 2 aromatic carbocycles. The van der Waals surface area contributed by atoms with Gasteiger partial charge in [-0.2, -0.15) is 14.6 Å². The molecule has 1 aromatic heterocycles. The molecule has 0 bridgehead atoms. The summed E-state index contributed by atoms with van der Waals surface area (Å²) in [7, 11) is -2.10. The van der Waals surface area contributed by atoms with Crippen molar-refractivity contribution < 1.29 is 22.7 Å². The molecule has 0 aliphatic carbocycles. The number of aromatic nitrogens is 2. The summed E-state index contributed by atoms with van der Waals surface area (Å²) in [5.74, 6) is 0.213. The van der Waals surface area contributed by atoms with E-state index in [9.17, 15) is 18.5 Å². The van der Waals surface area contributed by atoms with Crippen LogP contribution in [-0.2, 0) is 21.2 Å². The molecule has 170 valence electrons. The first-order valence-electron chi connectivity index (χ1n) is 9.53. The zero-order valence-electron chi connectivity index (χ0n) is 18.0. The number of nitrogens with zero attached hydrogens (tertiary/aromatic N) is 3. The second-order valence-electron chi connectivity index (χ2n) is 6.97. The minimum absolute atomic E-state index is 0.0287. The lowest BCUT2D eigenvalue weighted by atomic mass is 10.1. The van der Waals surface area contributed by atoms with Crippen molar-refractivity contribution in [3.8, 4) is 17.6 Å². The van der Waals surface area contributed by atoms with Gasteiger partial charge in [-0.25, -0.2) is 8.42 Å². The van der Waals surface area contributed by atoms with Gasteiger partial charge in [0.25, 0.3) is 11.1 Å². The number of sulfone groups is 1. The summed E-state index contributed by atoms with van der Waals surface area (Å²) in [6, 6.07) is 14.8. The number of hydrogen-bond donors (Lipinski definition) is 1. The topological polar surface area (TPSA) is 131 Å². The van der Waals surface area contributed by atoms with Crippen LogP contribution >= 0.6 is 11.5 Å². The van der Waals surface area contributed by atoms with Crippen LogP contribution in [0, 0.1) is 18.3 Å². The van der Waals surface area contributed by atoms with Crippen LogP contribution in [0.15, 0.2) is 53.2 Å². The summed E-state index contributed by atoms with van der Waals surface area (Å²) in [6.07, 6.45) is 2.34. The van der Waals surface area contributed by atoms with E-state index in [1.807, 2.05) is 37.3 Å². The number of rotatable bonds is 8. The number of carbonyl (C=O) groups excluding carboxylic acids is 1. The maximum atomic E-state index is 12.4. The molecule has 0 saturated heterocycles. The molecule has 9 nitrogen and oxygen atoms in total. The summed E-state index contributed by atoms with van der Waals surface area (Å²) in [5.41, 5.74) is 2.48. The van der Waals surface area contributed by atoms with Crippen LogP contribution in [-0.4, -0.2) is 37.0 Å². The van der Waals surface area contributed by atoms with Crippen molar-refractivity contribution in [1.29, 1.82) is 5.26 Å². The fourth-order valence-corrected chi connectivity index (χ4v) is 4.19. The van der Waals surface area contributed by atoms with E-state index in [0.717, 1.165) is 17.4 Å². The Balaban J connectivity index is 1.75. The fourth-order valence-electron chi connectivity index (χ4n) is 2.75. The SMILES string of the molecule is COc1cc(C=C(C#N)C(=O)Nc2nc(S(C)(=O)=O)ns2)ccc1OCc1cccc(C)c1. The molecule has 1 N–H and O–H groups in total. The van der Waals surface area contributed by atoms with E-state index >= 15 is 0 Å². The van der Waals surface area contributed by atoms with Crippen LogP contribution in [0.2, 0.25) is 0 Å². The summed E-state index contributed by atoms with van der Waals surface area (Å²) < 4.78 is 37.9. The van der Waals surface area contributed by atoms with Gasteiger partial charge in [0.2, 0.25) is 15.0 Å². The molecule has 0 fully saturated rings. The van der Waals surface area contributed by atoms with Gasteiger partial charge in [-0.3, -0.25) is 10.1 Å². The molecular formula is C22H20N4O5S2. The van der Waals surface area contributed by atoms with Crippen molar-refractivity contribution >= 4 is 38.5 Å². The second kappa shape index (κ2) is 10.2. The van der Waals surface area contributed by atoms with Crippen molar-refractivity contribution in [1.82, 2.24) is 9.36 Å². The van der Waals surface area contributed by atoms with E-state index in [1.54, 1.807) is 18.2 Å². The van der Waals surface area contributed by atoms with Crippen LogP contribution in [0.1, 0.15) is 16.7 Å². The lowest BCUT2D eigenvalue weighted by Gasteiger charge is -2.12. The Hall–Kier alpha value is -3.75. The van der Waals surface area contributed by atoms with Gasteiger partial charge in [-0.05, 0) is 36.3 Å². The van der Waals surface area contributed by atoms with E-state index in [2.05, 4.69) is 14.7 Å². The normalized spacial score (nSPS) is 11.5. The smallest absolute Gasteiger partial charge is 0.268 e. The van der Waals surface area contributed by atoms with Gasteiger partial charge in [0, 0.05) is 17.8 Å². The molecule has 33 heavy (non-hydrogen) atoms. The predicted molar refractivity (Wildman–Crippen MR) is 124 cm³/mol. The van der Waals surface area contributed by atoms with Crippen LogP contribution in [0.5, 0.6) is 11.5 Å². The van der Waals surface area contributed by atoms with E-state index in [1.165, 1.54) is 13.2 Å². The van der Waals surface area contributed by atoms with Gasteiger partial charge in [0.15, 0.2) is 11.5 Å². The van der Waals surface area contributed by atoms with E-state index in [4.69, 9.17) is 9.47 Å². The Morgan fingerprint density at radius 2 is 2.03 bits per heavy atom. The third-order valence-corrected chi connectivity index (χ3v) is 5.89. The van der Waals surface area contributed by atoms with Crippen molar-refractivity contribution in [3.63, 3.8) is 0 Å². The van der Waals surface area contributed by atoms with E-state index in [-0.39, 0.29) is 10.7 Å². The van der Waals surface area contributed by atoms with Gasteiger partial charge >= 0.3 is 0 Å². The number of ether oxygens (including phenoxy) is 2. The Morgan fingerprint density at radius 1 is 1.24 bits per heavy atom. The molecule has 0 spiro atoms. The van der Waals surface area contributed by atoms with Crippen molar-refractivity contribution in [2.45, 2.75) is 18.7 Å². The zero-order valence-corrected chi connectivity index (χ0v) is 19.7. The number of nitrogens with one attached hydrogen (secondary N) is 1. The summed E-state index contributed by atoms with van der Waals surface area (Å²) >= 11 is 0.706. The maximum Gasteiger partial charge on any atom is 0.268 e. The molecule has 1 amide bonds. The first kappa shape index (κ1) is 23.9. The Morgan fingerprint density at radius 3 is 2.67 bits per heavy atom. The first-order chi connectivity index (χ1) is 15.7. The number of anilines is 1. The van der Waals surface area contributed by atoms with Crippen LogP contribution in [0.4, 0.5) is 5.13 Å². The number of nitriles is 1. The fraction of sp³-hybridized carbons (Fsp3) is 0.182. The van der Waals surface area contributed by atoms with Gasteiger partial charge < -0.3 is 9.47 Å². The highest BCUT2D eigenvalue weighted by atomic mass is 32.2. The summed E-state index contributed by atoms with van der Waals surface area (Å²) in [5, 5.41) is 11.4. The molecule has 0 unspecified atom stereocenters. The molecule has 3 rings (SSSR count). The minimum Gasteiger partial charge on any atom is -0.493 e. The molecule has 11 heteroatoms. The minimum atomic E-state index is -3.60. The summed E-state index contributed by atoms with van der Waals surface area (Å²) in [6.45, 7) is 2.36. The maximum absolute atomic E-state index is 12.4. The highest BCUT2D eigenvalue weighted by Gasteiger charge is 2.17. The molecule has 0 radical (unpaired) electrons. The lowest BCUT2D eigenvalue weighted by Crippen LogP contribution is -2.13. The average molecular weight is 485 g/mol. The highest BCUT2D eigenvalue weighted by molar-refractivity contribution is 7.90. The number of benzene rings is 2. The van der Waals surface area contributed by atoms with E-state index < -0.39 is 20.9 Å². The molecule has 3 aromatic rings. The zero-order chi connectivity index (χ0) is 24.0. The Labute approximate surface area is 195 Å². The Bertz CT molecular complexity index is 1360. The molecule has 0 aliphatic heterocycles. The van der Waals surface area contributed by atoms with Crippen molar-refractivity contribution in [3.05, 3.63) is 64.7 Å². The van der Waals surface area contributed by atoms with Gasteiger partial charge in [-0.15, -0.1) is 0 Å². The van der Waals surface area contributed by atoms with Gasteiger partial charge in [0.1, 0.15) is 18.2 Å². The molecule has 0 atom stereocenters. The molecule has 1 heterocycles. The van der Waals surface area contributed by atoms with E-state index in [0.29, 0.717) is 35.2 Å². The van der Waals surface area contributed by atoms with Gasteiger partial charge in [0.05, 0.1) is 7.11 Å². The highest BCUT2D eigenvalue weighted by Crippen LogP contribution is 2.30. The standard InChI is InChI=1S/C22H20N4O5S2/c1-14-5-4-6-16(9-14)13-31-18-8-7-15(11-19(18)30-2)10-17(12-23)20(27)24-21-25-22(26-32-21)33(3,28)29/h4-11H,13H2,1-3H3,(H,24,25,26,27). The third-order valence-electron chi connectivity index (χ3n) is 4.30. The second-order valence-corrected chi connectivity index (χ2v) is 9.63. The monoisotopic (exact) mass is 484 g/mol. The largest absolute Gasteiger partial charge is 0.493 e. The van der Waals surface area contributed by atoms with Crippen LogP contribution in [0.3, 0.4) is 0 Å². The average Bonchev–Trinajstić information content (AvgIpc) is 3.25. The van der Waals surface area contributed by atoms with Gasteiger partial charge in [-0.1, -0.05) is 35.9 Å². The third kappa shape index (κ3) is 6.38. The number of amides is 1.